The van der Waals surface area contributed by atoms with Crippen LogP contribution in [0.2, 0.25) is 0 Å². The predicted octanol–water partition coefficient (Wildman–Crippen LogP) is 0.946. The number of halogens is 1. The molecule has 2 aliphatic heterocycles. The molecule has 2 atom stereocenters. The van der Waals surface area contributed by atoms with E-state index >= 15 is 0 Å². The van der Waals surface area contributed by atoms with Gasteiger partial charge in [-0.25, -0.2) is 14.4 Å². The molecular formula is C11H15FN4. The normalized spacial score (nSPS) is 29.2. The third-order valence-corrected chi connectivity index (χ3v) is 3.41. The molecule has 1 aromatic heterocycles. The van der Waals surface area contributed by atoms with Crippen molar-refractivity contribution in [3.63, 3.8) is 0 Å². The highest BCUT2D eigenvalue weighted by atomic mass is 19.1. The van der Waals surface area contributed by atoms with Gasteiger partial charge >= 0.3 is 0 Å². The summed E-state index contributed by atoms with van der Waals surface area (Å²) in [6.07, 6.45) is 6.10. The van der Waals surface area contributed by atoms with Crippen LogP contribution in [0.15, 0.2) is 12.4 Å². The van der Waals surface area contributed by atoms with E-state index in [2.05, 4.69) is 20.2 Å². The smallest absolute Gasteiger partial charge is 0.225 e. The van der Waals surface area contributed by atoms with E-state index in [0.29, 0.717) is 18.0 Å². The van der Waals surface area contributed by atoms with Crippen LogP contribution in [0.1, 0.15) is 19.3 Å². The lowest BCUT2D eigenvalue weighted by atomic mass is 10.1. The summed E-state index contributed by atoms with van der Waals surface area (Å²) >= 11 is 0. The Morgan fingerprint density at radius 3 is 2.75 bits per heavy atom. The summed E-state index contributed by atoms with van der Waals surface area (Å²) in [5.74, 6) is 0.272. The first kappa shape index (κ1) is 9.96. The molecule has 3 heterocycles. The van der Waals surface area contributed by atoms with Crippen molar-refractivity contribution in [3.8, 4) is 0 Å². The molecule has 0 aliphatic carbocycles. The summed E-state index contributed by atoms with van der Waals surface area (Å²) in [4.78, 5) is 10.2. The van der Waals surface area contributed by atoms with Gasteiger partial charge in [-0.3, -0.25) is 0 Å². The number of nitrogens with zero attached hydrogens (tertiary/aromatic N) is 3. The third-order valence-electron chi connectivity index (χ3n) is 3.41. The van der Waals surface area contributed by atoms with Gasteiger partial charge in [-0.15, -0.1) is 0 Å². The fourth-order valence-corrected chi connectivity index (χ4v) is 2.59. The maximum Gasteiger partial charge on any atom is 0.225 e. The van der Waals surface area contributed by atoms with Gasteiger partial charge in [0.25, 0.3) is 0 Å². The molecular weight excluding hydrogens is 207 g/mol. The van der Waals surface area contributed by atoms with Crippen molar-refractivity contribution >= 4 is 5.95 Å². The molecule has 2 fully saturated rings. The highest BCUT2D eigenvalue weighted by Gasteiger charge is 2.29. The number of fused-ring (bicyclic) bond motifs is 2. The second kappa shape index (κ2) is 3.97. The zero-order chi connectivity index (χ0) is 11.0. The van der Waals surface area contributed by atoms with Crippen LogP contribution in [0.3, 0.4) is 0 Å². The van der Waals surface area contributed by atoms with E-state index < -0.39 is 0 Å². The summed E-state index contributed by atoms with van der Waals surface area (Å²) < 4.78 is 12.7. The molecule has 2 aliphatic rings. The van der Waals surface area contributed by atoms with Crippen LogP contribution in [-0.2, 0) is 0 Å². The Labute approximate surface area is 93.9 Å². The number of hydrogen-bond acceptors (Lipinski definition) is 4. The Hall–Kier alpha value is -1.23. The first-order valence-electron chi connectivity index (χ1n) is 5.80. The molecule has 2 bridgehead atoms. The monoisotopic (exact) mass is 222 g/mol. The summed E-state index contributed by atoms with van der Waals surface area (Å²) in [5.41, 5.74) is 0. The van der Waals surface area contributed by atoms with Gasteiger partial charge in [-0.1, -0.05) is 0 Å². The van der Waals surface area contributed by atoms with Crippen LogP contribution >= 0.6 is 0 Å². The van der Waals surface area contributed by atoms with Gasteiger partial charge in [0.2, 0.25) is 5.95 Å². The van der Waals surface area contributed by atoms with Crippen LogP contribution in [-0.4, -0.2) is 35.1 Å². The van der Waals surface area contributed by atoms with Crippen molar-refractivity contribution in [1.29, 1.82) is 0 Å². The molecule has 86 valence electrons. The maximum absolute atomic E-state index is 12.7. The van der Waals surface area contributed by atoms with Gasteiger partial charge in [0.1, 0.15) is 0 Å². The van der Waals surface area contributed by atoms with Crippen molar-refractivity contribution in [2.75, 3.05) is 18.0 Å². The topological polar surface area (TPSA) is 41.1 Å². The van der Waals surface area contributed by atoms with Crippen molar-refractivity contribution in [1.82, 2.24) is 15.3 Å². The Morgan fingerprint density at radius 2 is 1.94 bits per heavy atom. The quantitative estimate of drug-likeness (QED) is 0.768. The molecule has 0 aromatic carbocycles. The molecule has 5 heteroatoms. The van der Waals surface area contributed by atoms with Crippen molar-refractivity contribution in [2.45, 2.75) is 31.3 Å². The van der Waals surface area contributed by atoms with Gasteiger partial charge in [0.15, 0.2) is 5.82 Å². The van der Waals surface area contributed by atoms with Crippen LogP contribution in [0.25, 0.3) is 0 Å². The number of hydrogen-bond donors (Lipinski definition) is 1. The molecule has 2 saturated heterocycles. The molecule has 3 rings (SSSR count). The second-order valence-electron chi connectivity index (χ2n) is 4.57. The highest BCUT2D eigenvalue weighted by Crippen LogP contribution is 2.22. The Balaban J connectivity index is 1.77. The zero-order valence-corrected chi connectivity index (χ0v) is 9.06. The van der Waals surface area contributed by atoms with E-state index in [1.807, 2.05) is 0 Å². The lowest BCUT2D eigenvalue weighted by Crippen LogP contribution is -2.36. The van der Waals surface area contributed by atoms with E-state index in [0.717, 1.165) is 19.5 Å². The van der Waals surface area contributed by atoms with E-state index in [-0.39, 0.29) is 5.82 Å². The average Bonchev–Trinajstić information content (AvgIpc) is 2.60. The first-order chi connectivity index (χ1) is 7.81. The Kier molecular flexibility index (Phi) is 2.47. The fraction of sp³-hybridized carbons (Fsp3) is 0.636. The first-order valence-corrected chi connectivity index (χ1v) is 5.80. The van der Waals surface area contributed by atoms with Crippen LogP contribution < -0.4 is 10.2 Å². The minimum atomic E-state index is -0.377. The van der Waals surface area contributed by atoms with Gasteiger partial charge < -0.3 is 10.2 Å². The van der Waals surface area contributed by atoms with Gasteiger partial charge in [-0.2, -0.15) is 0 Å². The van der Waals surface area contributed by atoms with Crippen LogP contribution in [0.4, 0.5) is 10.3 Å². The molecule has 1 aromatic rings. The molecule has 0 amide bonds. The predicted molar refractivity (Wildman–Crippen MR) is 58.8 cm³/mol. The highest BCUT2D eigenvalue weighted by molar-refractivity contribution is 5.30. The summed E-state index contributed by atoms with van der Waals surface area (Å²) in [6.45, 7) is 1.89. The minimum Gasteiger partial charge on any atom is -0.339 e. The van der Waals surface area contributed by atoms with Crippen LogP contribution in [0.5, 0.6) is 0 Å². The Morgan fingerprint density at radius 1 is 1.19 bits per heavy atom. The number of anilines is 1. The lowest BCUT2D eigenvalue weighted by Gasteiger charge is -2.23. The van der Waals surface area contributed by atoms with Crippen molar-refractivity contribution in [3.05, 3.63) is 18.2 Å². The van der Waals surface area contributed by atoms with Gasteiger partial charge in [0.05, 0.1) is 12.4 Å². The number of aromatic nitrogens is 2. The number of nitrogens with one attached hydrogen (secondary N) is 1. The molecule has 0 radical (unpaired) electrons. The minimum absolute atomic E-state index is 0.377. The molecule has 1 N–H and O–H groups in total. The SMILES string of the molecule is Fc1cnc(N2CCC3CCC(C2)N3)nc1. The van der Waals surface area contributed by atoms with E-state index in [1.54, 1.807) is 0 Å². The molecule has 0 spiro atoms. The van der Waals surface area contributed by atoms with Crippen molar-refractivity contribution in [2.24, 2.45) is 0 Å². The largest absolute Gasteiger partial charge is 0.339 e. The Bertz CT molecular complexity index is 367. The van der Waals surface area contributed by atoms with Crippen molar-refractivity contribution < 1.29 is 4.39 Å². The van der Waals surface area contributed by atoms with Gasteiger partial charge in [-0.05, 0) is 19.3 Å². The summed E-state index contributed by atoms with van der Waals surface area (Å²) in [6, 6.07) is 1.19. The molecule has 4 nitrogen and oxygen atoms in total. The van der Waals surface area contributed by atoms with E-state index in [1.165, 1.54) is 25.2 Å². The molecule has 2 unspecified atom stereocenters. The second-order valence-corrected chi connectivity index (χ2v) is 4.57. The van der Waals surface area contributed by atoms with Gasteiger partial charge in [0, 0.05) is 25.2 Å². The standard InChI is InChI=1S/C11H15FN4/c12-8-5-13-11(14-6-8)16-4-3-9-1-2-10(7-16)15-9/h5-6,9-10,15H,1-4,7H2. The maximum atomic E-state index is 12.7. The summed E-state index contributed by atoms with van der Waals surface area (Å²) in [5, 5.41) is 3.59. The number of rotatable bonds is 1. The zero-order valence-electron chi connectivity index (χ0n) is 9.06. The summed E-state index contributed by atoms with van der Waals surface area (Å²) in [7, 11) is 0. The molecule has 0 saturated carbocycles. The fourth-order valence-electron chi connectivity index (χ4n) is 2.59. The van der Waals surface area contributed by atoms with E-state index in [9.17, 15) is 4.39 Å². The van der Waals surface area contributed by atoms with E-state index in [4.69, 9.17) is 0 Å². The third kappa shape index (κ3) is 1.87. The lowest BCUT2D eigenvalue weighted by molar-refractivity contribution is 0.563. The average molecular weight is 222 g/mol. The van der Waals surface area contributed by atoms with Crippen LogP contribution in [0, 0.1) is 5.82 Å². The molecule has 16 heavy (non-hydrogen) atoms.